The molecule has 0 atom stereocenters. The van der Waals surface area contributed by atoms with E-state index in [1.165, 1.54) is 12.3 Å². The maximum Gasteiger partial charge on any atom is 0.254 e. The second-order valence-corrected chi connectivity index (χ2v) is 5.57. The number of pyridine rings is 1. The first-order valence-corrected chi connectivity index (χ1v) is 8.13. The summed E-state index contributed by atoms with van der Waals surface area (Å²) < 4.78 is 40.1. The standard InChI is InChI=1S/C18H20F3N3O/c1-3-9-24(10-4-2)18(25)12-7-8-22-15(11-12)23-14-6-5-13(19)16(20)17(14)21/h5-8,11H,3-4,9-10H2,1-2H3,(H,22,23). The molecule has 0 radical (unpaired) electrons. The fourth-order valence-corrected chi connectivity index (χ4v) is 2.43. The van der Waals surface area contributed by atoms with Gasteiger partial charge in [0, 0.05) is 24.8 Å². The van der Waals surface area contributed by atoms with Crippen molar-refractivity contribution >= 4 is 17.4 Å². The first-order valence-electron chi connectivity index (χ1n) is 8.13. The van der Waals surface area contributed by atoms with Crippen molar-refractivity contribution in [2.75, 3.05) is 18.4 Å². The number of halogens is 3. The number of nitrogens with one attached hydrogen (secondary N) is 1. The molecule has 0 saturated heterocycles. The number of aromatic nitrogens is 1. The number of carbonyl (C=O) groups excluding carboxylic acids is 1. The number of hydrogen-bond acceptors (Lipinski definition) is 3. The highest BCUT2D eigenvalue weighted by Gasteiger charge is 2.17. The van der Waals surface area contributed by atoms with Gasteiger partial charge in [0.1, 0.15) is 5.82 Å². The molecule has 1 N–H and O–H groups in total. The summed E-state index contributed by atoms with van der Waals surface area (Å²) in [5.41, 5.74) is 0.136. The van der Waals surface area contributed by atoms with Crippen molar-refractivity contribution in [3.63, 3.8) is 0 Å². The summed E-state index contributed by atoms with van der Waals surface area (Å²) in [6, 6.07) is 4.92. The predicted octanol–water partition coefficient (Wildman–Crippen LogP) is 4.50. The lowest BCUT2D eigenvalue weighted by molar-refractivity contribution is 0.0755. The summed E-state index contributed by atoms with van der Waals surface area (Å²) in [5.74, 6) is -4.15. The van der Waals surface area contributed by atoms with Crippen molar-refractivity contribution < 1.29 is 18.0 Å². The van der Waals surface area contributed by atoms with Crippen molar-refractivity contribution in [1.29, 1.82) is 0 Å². The summed E-state index contributed by atoms with van der Waals surface area (Å²) in [5, 5.41) is 2.57. The third-order valence-electron chi connectivity index (χ3n) is 3.58. The van der Waals surface area contributed by atoms with Crippen LogP contribution in [0.3, 0.4) is 0 Å². The molecule has 0 fully saturated rings. The zero-order valence-corrected chi connectivity index (χ0v) is 14.2. The van der Waals surface area contributed by atoms with Crippen LogP contribution in [0.1, 0.15) is 37.0 Å². The van der Waals surface area contributed by atoms with Gasteiger partial charge in [-0.05, 0) is 37.1 Å². The van der Waals surface area contributed by atoms with E-state index >= 15 is 0 Å². The highest BCUT2D eigenvalue weighted by Crippen LogP contribution is 2.23. The number of nitrogens with zero attached hydrogens (tertiary/aromatic N) is 2. The molecule has 0 spiro atoms. The van der Waals surface area contributed by atoms with E-state index in [-0.39, 0.29) is 17.4 Å². The quantitative estimate of drug-likeness (QED) is 0.747. The van der Waals surface area contributed by atoms with Crippen molar-refractivity contribution in [3.8, 4) is 0 Å². The Bertz CT molecular complexity index is 746. The molecule has 134 valence electrons. The molecule has 1 aromatic carbocycles. The van der Waals surface area contributed by atoms with Crippen molar-refractivity contribution in [2.24, 2.45) is 0 Å². The highest BCUT2D eigenvalue weighted by molar-refractivity contribution is 5.95. The monoisotopic (exact) mass is 351 g/mol. The van der Waals surface area contributed by atoms with Gasteiger partial charge in [-0.25, -0.2) is 18.2 Å². The minimum absolute atomic E-state index is 0.153. The Morgan fingerprint density at radius 1 is 1.08 bits per heavy atom. The molecule has 0 aliphatic heterocycles. The zero-order chi connectivity index (χ0) is 18.4. The Labute approximate surface area is 144 Å². The Morgan fingerprint density at radius 2 is 1.76 bits per heavy atom. The van der Waals surface area contributed by atoms with Crippen LogP contribution in [0.2, 0.25) is 0 Å². The van der Waals surface area contributed by atoms with E-state index in [0.717, 1.165) is 25.0 Å². The number of amides is 1. The first-order chi connectivity index (χ1) is 12.0. The maximum atomic E-state index is 13.8. The van der Waals surface area contributed by atoms with Gasteiger partial charge in [0.15, 0.2) is 17.5 Å². The SMILES string of the molecule is CCCN(CCC)C(=O)c1ccnc(Nc2ccc(F)c(F)c2F)c1. The summed E-state index contributed by atoms with van der Waals surface area (Å²) >= 11 is 0. The smallest absolute Gasteiger partial charge is 0.254 e. The minimum Gasteiger partial charge on any atom is -0.339 e. The third kappa shape index (κ3) is 4.49. The van der Waals surface area contributed by atoms with Crippen LogP contribution in [0.25, 0.3) is 0 Å². The lowest BCUT2D eigenvalue weighted by Crippen LogP contribution is -2.32. The van der Waals surface area contributed by atoms with Gasteiger partial charge in [0.05, 0.1) is 5.69 Å². The molecule has 0 bridgehead atoms. The predicted molar refractivity (Wildman–Crippen MR) is 90.3 cm³/mol. The molecule has 1 amide bonds. The Morgan fingerprint density at radius 3 is 2.40 bits per heavy atom. The largest absolute Gasteiger partial charge is 0.339 e. The molecule has 0 aliphatic carbocycles. The Balaban J connectivity index is 2.24. The molecule has 0 aliphatic rings. The zero-order valence-electron chi connectivity index (χ0n) is 14.2. The second kappa shape index (κ2) is 8.50. The average molecular weight is 351 g/mol. The Kier molecular flexibility index (Phi) is 6.38. The van der Waals surface area contributed by atoms with Crippen molar-refractivity contribution in [1.82, 2.24) is 9.88 Å². The number of hydrogen-bond donors (Lipinski definition) is 1. The molecule has 0 saturated carbocycles. The third-order valence-corrected chi connectivity index (χ3v) is 3.58. The lowest BCUT2D eigenvalue weighted by atomic mass is 10.2. The van der Waals surface area contributed by atoms with Gasteiger partial charge in [0.2, 0.25) is 0 Å². The highest BCUT2D eigenvalue weighted by atomic mass is 19.2. The van der Waals surface area contributed by atoms with Crippen LogP contribution in [0.15, 0.2) is 30.5 Å². The summed E-state index contributed by atoms with van der Waals surface area (Å²) in [6.45, 7) is 5.24. The fraction of sp³-hybridized carbons (Fsp3) is 0.333. The van der Waals surface area contributed by atoms with Crippen LogP contribution in [0, 0.1) is 17.5 Å². The van der Waals surface area contributed by atoms with Crippen molar-refractivity contribution in [3.05, 3.63) is 53.5 Å². The van der Waals surface area contributed by atoms with E-state index in [1.54, 1.807) is 11.0 Å². The van der Waals surface area contributed by atoms with Crippen LogP contribution < -0.4 is 5.32 Å². The Hall–Kier alpha value is -2.57. The normalized spacial score (nSPS) is 10.6. The fourth-order valence-electron chi connectivity index (χ4n) is 2.43. The average Bonchev–Trinajstić information content (AvgIpc) is 2.62. The van der Waals surface area contributed by atoms with Crippen LogP contribution in [0.5, 0.6) is 0 Å². The summed E-state index contributed by atoms with van der Waals surface area (Å²) in [6.07, 6.45) is 3.08. The number of benzene rings is 1. The van der Waals surface area contributed by atoms with Gasteiger partial charge in [-0.1, -0.05) is 13.8 Å². The first kappa shape index (κ1) is 18.8. The van der Waals surface area contributed by atoms with E-state index in [9.17, 15) is 18.0 Å². The molecular formula is C18H20F3N3O. The van der Waals surface area contributed by atoms with Gasteiger partial charge >= 0.3 is 0 Å². The van der Waals surface area contributed by atoms with Gasteiger partial charge < -0.3 is 10.2 Å². The van der Waals surface area contributed by atoms with E-state index < -0.39 is 17.5 Å². The molecule has 1 heterocycles. The molecule has 4 nitrogen and oxygen atoms in total. The van der Waals surface area contributed by atoms with Crippen molar-refractivity contribution in [2.45, 2.75) is 26.7 Å². The molecule has 2 rings (SSSR count). The molecule has 25 heavy (non-hydrogen) atoms. The molecule has 0 unspecified atom stereocenters. The minimum atomic E-state index is -1.56. The van der Waals surface area contributed by atoms with Crippen LogP contribution in [-0.2, 0) is 0 Å². The topological polar surface area (TPSA) is 45.2 Å². The van der Waals surface area contributed by atoms with Crippen LogP contribution in [0.4, 0.5) is 24.7 Å². The van der Waals surface area contributed by atoms with Crippen LogP contribution in [-0.4, -0.2) is 28.9 Å². The summed E-state index contributed by atoms with van der Waals surface area (Å²) in [4.78, 5) is 18.3. The maximum absolute atomic E-state index is 13.8. The number of rotatable bonds is 7. The van der Waals surface area contributed by atoms with Gasteiger partial charge in [-0.15, -0.1) is 0 Å². The molecular weight excluding hydrogens is 331 g/mol. The lowest BCUT2D eigenvalue weighted by Gasteiger charge is -2.21. The molecule has 7 heteroatoms. The number of carbonyl (C=O) groups is 1. The van der Waals surface area contributed by atoms with E-state index in [1.807, 2.05) is 13.8 Å². The van der Waals surface area contributed by atoms with Gasteiger partial charge in [-0.2, -0.15) is 0 Å². The summed E-state index contributed by atoms with van der Waals surface area (Å²) in [7, 11) is 0. The number of anilines is 2. The van der Waals surface area contributed by atoms with E-state index in [4.69, 9.17) is 0 Å². The van der Waals surface area contributed by atoms with Gasteiger partial charge in [-0.3, -0.25) is 4.79 Å². The second-order valence-electron chi connectivity index (χ2n) is 5.57. The molecule has 2 aromatic rings. The van der Waals surface area contributed by atoms with Gasteiger partial charge in [0.25, 0.3) is 5.91 Å². The van der Waals surface area contributed by atoms with E-state index in [2.05, 4.69) is 10.3 Å². The van der Waals surface area contributed by atoms with E-state index in [0.29, 0.717) is 18.7 Å². The molecule has 1 aromatic heterocycles. The van der Waals surface area contributed by atoms with Crippen LogP contribution >= 0.6 is 0 Å².